The van der Waals surface area contributed by atoms with Crippen LogP contribution in [-0.4, -0.2) is 74.3 Å². The zero-order valence-electron chi connectivity index (χ0n) is 19.6. The zero-order chi connectivity index (χ0) is 23.2. The highest BCUT2D eigenvalue weighted by Gasteiger charge is 2.42. The first-order valence-corrected chi connectivity index (χ1v) is 12.0. The molecule has 1 aliphatic heterocycles. The zero-order valence-corrected chi connectivity index (χ0v) is 19.6. The summed E-state index contributed by atoms with van der Waals surface area (Å²) >= 11 is 0. The molecule has 8 nitrogen and oxygen atoms in total. The third kappa shape index (κ3) is 5.75. The Morgan fingerprint density at radius 1 is 1.18 bits per heavy atom. The molecule has 2 aromatic rings. The molecule has 3 N–H and O–H groups in total. The topological polar surface area (TPSA) is 95.7 Å². The fourth-order valence-electron chi connectivity index (χ4n) is 5.03. The molecule has 33 heavy (non-hydrogen) atoms. The highest BCUT2D eigenvalue weighted by atomic mass is 16.5. The number of aromatic amines is 1. The molecule has 2 aliphatic rings. The van der Waals surface area contributed by atoms with E-state index >= 15 is 0 Å². The first-order chi connectivity index (χ1) is 16.1. The van der Waals surface area contributed by atoms with Gasteiger partial charge in [-0.3, -0.25) is 9.59 Å². The van der Waals surface area contributed by atoms with Crippen LogP contribution in [0.5, 0.6) is 0 Å². The molecule has 2 heterocycles. The largest absolute Gasteiger partial charge is 0.385 e. The Morgan fingerprint density at radius 2 is 2.00 bits per heavy atom. The molecule has 1 saturated heterocycles. The van der Waals surface area contributed by atoms with Gasteiger partial charge in [-0.2, -0.15) is 0 Å². The van der Waals surface area contributed by atoms with Gasteiger partial charge in [-0.15, -0.1) is 0 Å². The number of piperidine rings is 1. The summed E-state index contributed by atoms with van der Waals surface area (Å²) in [6.45, 7) is 2.01. The van der Waals surface area contributed by atoms with E-state index in [-0.39, 0.29) is 42.5 Å². The smallest absolute Gasteiger partial charge is 0.246 e. The highest BCUT2D eigenvalue weighted by Crippen LogP contribution is 2.40. The minimum Gasteiger partial charge on any atom is -0.385 e. The van der Waals surface area contributed by atoms with Crippen molar-refractivity contribution >= 4 is 22.7 Å². The Bertz CT molecular complexity index is 941. The summed E-state index contributed by atoms with van der Waals surface area (Å²) in [6, 6.07) is 8.49. The lowest BCUT2D eigenvalue weighted by Crippen LogP contribution is -2.54. The summed E-state index contributed by atoms with van der Waals surface area (Å²) in [5, 5.41) is 7.52. The highest BCUT2D eigenvalue weighted by molar-refractivity contribution is 5.86. The first kappa shape index (κ1) is 23.7. The van der Waals surface area contributed by atoms with Crippen LogP contribution in [0.15, 0.2) is 30.5 Å². The van der Waals surface area contributed by atoms with E-state index in [1.165, 1.54) is 18.1 Å². The van der Waals surface area contributed by atoms with Gasteiger partial charge < -0.3 is 30.0 Å². The summed E-state index contributed by atoms with van der Waals surface area (Å²) < 4.78 is 10.3. The fraction of sp³-hybridized carbons (Fsp3) is 0.600. The Labute approximate surface area is 195 Å². The average molecular weight is 457 g/mol. The van der Waals surface area contributed by atoms with Crippen LogP contribution >= 0.6 is 0 Å². The Kier molecular flexibility index (Phi) is 8.01. The van der Waals surface area contributed by atoms with Crippen LogP contribution in [0.3, 0.4) is 0 Å². The number of benzene rings is 1. The maximum atomic E-state index is 13.9. The maximum Gasteiger partial charge on any atom is 0.246 e. The second-order valence-corrected chi connectivity index (χ2v) is 9.21. The molecule has 1 aromatic carbocycles. The van der Waals surface area contributed by atoms with E-state index in [1.54, 1.807) is 7.11 Å². The van der Waals surface area contributed by atoms with E-state index < -0.39 is 0 Å². The lowest BCUT2D eigenvalue weighted by molar-refractivity contribution is -0.140. The molecule has 0 bridgehead atoms. The predicted octanol–water partition coefficient (Wildman–Crippen LogP) is 2.37. The van der Waals surface area contributed by atoms with Gasteiger partial charge in [0.25, 0.3) is 0 Å². The molecule has 1 unspecified atom stereocenters. The van der Waals surface area contributed by atoms with Gasteiger partial charge >= 0.3 is 0 Å². The van der Waals surface area contributed by atoms with Crippen LogP contribution in [-0.2, 0) is 19.1 Å². The molecule has 4 rings (SSSR count). The van der Waals surface area contributed by atoms with Crippen molar-refractivity contribution in [3.05, 3.63) is 36.0 Å². The summed E-state index contributed by atoms with van der Waals surface area (Å²) in [4.78, 5) is 31.5. The van der Waals surface area contributed by atoms with Gasteiger partial charge in [-0.05, 0) is 43.7 Å². The molecule has 0 radical (unpaired) electrons. The third-order valence-corrected chi connectivity index (χ3v) is 6.68. The number of H-pyrrole nitrogens is 1. The molecule has 8 heteroatoms. The molecule has 180 valence electrons. The fourth-order valence-corrected chi connectivity index (χ4v) is 5.03. The first-order valence-electron chi connectivity index (χ1n) is 12.0. The van der Waals surface area contributed by atoms with Crippen molar-refractivity contribution in [2.45, 2.75) is 50.2 Å². The number of aromatic nitrogens is 1. The van der Waals surface area contributed by atoms with Crippen LogP contribution in [0.4, 0.5) is 0 Å². The minimum absolute atomic E-state index is 0.000223. The van der Waals surface area contributed by atoms with E-state index in [4.69, 9.17) is 9.47 Å². The van der Waals surface area contributed by atoms with Crippen LogP contribution in [0.2, 0.25) is 0 Å². The van der Waals surface area contributed by atoms with Crippen molar-refractivity contribution in [1.82, 2.24) is 20.5 Å². The van der Waals surface area contributed by atoms with E-state index in [9.17, 15) is 9.59 Å². The van der Waals surface area contributed by atoms with Gasteiger partial charge in [0.05, 0.1) is 12.0 Å². The minimum atomic E-state index is -0.165. The second-order valence-electron chi connectivity index (χ2n) is 9.21. The lowest BCUT2D eigenvalue weighted by atomic mass is 9.91. The lowest BCUT2D eigenvalue weighted by Gasteiger charge is -2.38. The monoisotopic (exact) mass is 456 g/mol. The number of nitrogens with one attached hydrogen (secondary N) is 3. The quantitative estimate of drug-likeness (QED) is 0.451. The molecule has 0 spiro atoms. The molecule has 3 atom stereocenters. The number of nitrogens with zero attached hydrogens (tertiary/aromatic N) is 1. The van der Waals surface area contributed by atoms with Crippen LogP contribution < -0.4 is 10.6 Å². The predicted molar refractivity (Wildman–Crippen MR) is 127 cm³/mol. The van der Waals surface area contributed by atoms with Crippen LogP contribution in [0.25, 0.3) is 10.9 Å². The maximum absolute atomic E-state index is 13.9. The molecule has 1 saturated carbocycles. The van der Waals surface area contributed by atoms with Crippen molar-refractivity contribution in [3.63, 3.8) is 0 Å². The van der Waals surface area contributed by atoms with Crippen LogP contribution in [0.1, 0.15) is 43.7 Å². The van der Waals surface area contributed by atoms with E-state index in [0.717, 1.165) is 31.2 Å². The number of carbonyl (C=O) groups excluding carboxylic acids is 2. The van der Waals surface area contributed by atoms with Gasteiger partial charge in [0.2, 0.25) is 11.8 Å². The molecule has 1 aliphatic carbocycles. The second kappa shape index (κ2) is 11.1. The van der Waals surface area contributed by atoms with Gasteiger partial charge in [-0.1, -0.05) is 18.2 Å². The van der Waals surface area contributed by atoms with Crippen molar-refractivity contribution < 1.29 is 19.1 Å². The van der Waals surface area contributed by atoms with Crippen molar-refractivity contribution in [3.8, 4) is 0 Å². The van der Waals surface area contributed by atoms with E-state index in [0.29, 0.717) is 26.1 Å². The molecule has 1 aromatic heterocycles. The molecule has 2 fully saturated rings. The normalized spacial score (nSPS) is 21.6. The molecular weight excluding hydrogens is 420 g/mol. The standard InChI is InChI=1S/C25H36N4O4/c1-32-11-5-8-23(21-15-27-22-7-4-3-6-20(21)22)29(19-9-10-19)25(31)17-12-18(14-26-13-17)28-24(30)16-33-2/h3-4,6-7,15,17-19,23,26-27H,5,8-14,16H2,1-2H3,(H,28,30)/t17-,18+,23?/m0/s1. The molecule has 2 amide bonds. The number of ether oxygens (including phenoxy) is 2. The Balaban J connectivity index is 1.56. The number of para-hydroxylation sites is 1. The summed E-state index contributed by atoms with van der Waals surface area (Å²) in [5.74, 6) is -0.126. The van der Waals surface area contributed by atoms with E-state index in [1.807, 2.05) is 12.1 Å². The number of fused-ring (bicyclic) bond motifs is 1. The average Bonchev–Trinajstić information content (AvgIpc) is 3.56. The van der Waals surface area contributed by atoms with Crippen LogP contribution in [0, 0.1) is 5.92 Å². The van der Waals surface area contributed by atoms with Crippen molar-refractivity contribution in [2.24, 2.45) is 5.92 Å². The summed E-state index contributed by atoms with van der Waals surface area (Å²) in [5.41, 5.74) is 2.27. The number of hydrogen-bond donors (Lipinski definition) is 3. The van der Waals surface area contributed by atoms with Crippen molar-refractivity contribution in [1.29, 1.82) is 0 Å². The molecular formula is C25H36N4O4. The number of methoxy groups -OCH3 is 2. The van der Waals surface area contributed by atoms with Gasteiger partial charge in [0.15, 0.2) is 0 Å². The number of hydrogen-bond acceptors (Lipinski definition) is 5. The summed E-state index contributed by atoms with van der Waals surface area (Å²) in [7, 11) is 3.23. The van der Waals surface area contributed by atoms with Gasteiger partial charge in [0, 0.05) is 63.1 Å². The number of carbonyl (C=O) groups is 2. The third-order valence-electron chi connectivity index (χ3n) is 6.68. The van der Waals surface area contributed by atoms with Gasteiger partial charge in [-0.25, -0.2) is 0 Å². The SMILES string of the molecule is COCCCC(c1c[nH]c2ccccc12)N(C(=O)[C@@H]1CNC[C@H](NC(=O)COC)C1)C1CC1. The van der Waals surface area contributed by atoms with Crippen molar-refractivity contribution in [2.75, 3.05) is 40.5 Å². The number of amides is 2. The Morgan fingerprint density at radius 3 is 2.76 bits per heavy atom. The number of rotatable bonds is 11. The van der Waals surface area contributed by atoms with E-state index in [2.05, 4.69) is 38.8 Å². The van der Waals surface area contributed by atoms with Gasteiger partial charge in [0.1, 0.15) is 6.61 Å². The Hall–Kier alpha value is -2.42. The summed E-state index contributed by atoms with van der Waals surface area (Å²) in [6.07, 6.45) is 6.54.